The van der Waals surface area contributed by atoms with Gasteiger partial charge in [-0.3, -0.25) is 9.59 Å². The number of hydrogen-bond acceptors (Lipinski definition) is 5. The van der Waals surface area contributed by atoms with Crippen molar-refractivity contribution in [1.82, 2.24) is 4.90 Å². The van der Waals surface area contributed by atoms with Crippen molar-refractivity contribution in [2.24, 2.45) is 0 Å². The minimum atomic E-state index is -0.703. The highest BCUT2D eigenvalue weighted by molar-refractivity contribution is 7.80. The number of carbonyl (C=O) groups is 2. The summed E-state index contributed by atoms with van der Waals surface area (Å²) in [7, 11) is 1.63. The highest BCUT2D eigenvalue weighted by Crippen LogP contribution is 2.28. The molecule has 0 bridgehead atoms. The molecule has 0 unspecified atom stereocenters. The molecule has 1 aliphatic rings. The zero-order chi connectivity index (χ0) is 26.2. The number of hydrogen-bond donors (Lipinski definition) is 1. The molecule has 7 nitrogen and oxygen atoms in total. The monoisotopic (exact) mass is 517 g/mol. The molecule has 37 heavy (non-hydrogen) atoms. The maximum Gasteiger partial charge on any atom is 0.257 e. The van der Waals surface area contributed by atoms with E-state index < -0.39 is 6.04 Å². The summed E-state index contributed by atoms with van der Waals surface area (Å²) in [5.41, 5.74) is 2.42. The number of para-hydroxylation sites is 1. The third kappa shape index (κ3) is 6.46. The molecule has 1 atom stereocenters. The molecule has 0 aromatic heterocycles. The third-order valence-corrected chi connectivity index (χ3v) is 6.49. The van der Waals surface area contributed by atoms with Crippen molar-refractivity contribution in [3.8, 4) is 11.5 Å². The number of imide groups is 1. The van der Waals surface area contributed by atoms with Crippen molar-refractivity contribution >= 4 is 40.5 Å². The van der Waals surface area contributed by atoms with Crippen LogP contribution in [0.4, 0.5) is 11.4 Å². The standard InChI is InChI=1S/C29H31N3O4S/c1-3-19-36-25-15-11-23(12-16-25)32-27(33)20-26(28(32)34)31(29(37)30-22-7-5-4-6-8-22)18-17-21-9-13-24(35-2)14-10-21/h4-16,26H,3,17-20H2,1-2H3,(H,30,37)/t26-/m1/s1. The minimum absolute atomic E-state index is 0.0478. The Morgan fingerprint density at radius 3 is 2.32 bits per heavy atom. The van der Waals surface area contributed by atoms with Crippen LogP contribution in [-0.4, -0.2) is 48.1 Å². The van der Waals surface area contributed by atoms with Crippen LogP contribution in [0.25, 0.3) is 0 Å². The molecule has 1 heterocycles. The van der Waals surface area contributed by atoms with E-state index in [4.69, 9.17) is 21.7 Å². The summed E-state index contributed by atoms with van der Waals surface area (Å²) in [4.78, 5) is 29.7. The summed E-state index contributed by atoms with van der Waals surface area (Å²) in [5.74, 6) is 0.934. The second kappa shape index (κ2) is 12.4. The fourth-order valence-electron chi connectivity index (χ4n) is 4.20. The Hall–Kier alpha value is -3.91. The SMILES string of the molecule is CCCOc1ccc(N2C(=O)C[C@@H](N(CCc3ccc(OC)cc3)C(=S)Nc3ccccc3)C2=O)cc1. The summed E-state index contributed by atoms with van der Waals surface area (Å²) < 4.78 is 10.9. The highest BCUT2D eigenvalue weighted by atomic mass is 32.1. The normalized spacial score (nSPS) is 15.0. The van der Waals surface area contributed by atoms with Gasteiger partial charge in [0, 0.05) is 12.2 Å². The van der Waals surface area contributed by atoms with E-state index >= 15 is 0 Å². The fraction of sp³-hybridized carbons (Fsp3) is 0.276. The fourth-order valence-corrected chi connectivity index (χ4v) is 4.54. The number of methoxy groups -OCH3 is 1. The van der Waals surface area contributed by atoms with Crippen LogP contribution < -0.4 is 19.7 Å². The van der Waals surface area contributed by atoms with Gasteiger partial charge in [0.05, 0.1) is 25.8 Å². The van der Waals surface area contributed by atoms with Crippen molar-refractivity contribution in [2.45, 2.75) is 32.2 Å². The zero-order valence-corrected chi connectivity index (χ0v) is 21.9. The lowest BCUT2D eigenvalue weighted by Crippen LogP contribution is -2.48. The smallest absolute Gasteiger partial charge is 0.257 e. The number of amides is 2. The average Bonchev–Trinajstić information content (AvgIpc) is 3.22. The third-order valence-electron chi connectivity index (χ3n) is 6.15. The highest BCUT2D eigenvalue weighted by Gasteiger charge is 2.43. The summed E-state index contributed by atoms with van der Waals surface area (Å²) in [6.45, 7) is 3.11. The topological polar surface area (TPSA) is 71.1 Å². The molecule has 0 saturated carbocycles. The van der Waals surface area contributed by atoms with Crippen molar-refractivity contribution in [3.05, 3.63) is 84.4 Å². The van der Waals surface area contributed by atoms with Crippen LogP contribution in [-0.2, 0) is 16.0 Å². The molecule has 0 radical (unpaired) electrons. The largest absolute Gasteiger partial charge is 0.497 e. The van der Waals surface area contributed by atoms with Gasteiger partial charge in [0.15, 0.2) is 5.11 Å². The first-order valence-corrected chi connectivity index (χ1v) is 12.8. The Labute approximate surface area is 223 Å². The van der Waals surface area contributed by atoms with Crippen LogP contribution in [0.5, 0.6) is 11.5 Å². The number of nitrogens with zero attached hydrogens (tertiary/aromatic N) is 2. The first-order valence-electron chi connectivity index (χ1n) is 12.4. The van der Waals surface area contributed by atoms with Gasteiger partial charge in [0.1, 0.15) is 17.5 Å². The van der Waals surface area contributed by atoms with Gasteiger partial charge < -0.3 is 19.7 Å². The van der Waals surface area contributed by atoms with Gasteiger partial charge in [-0.1, -0.05) is 37.3 Å². The first kappa shape index (κ1) is 26.2. The van der Waals surface area contributed by atoms with Gasteiger partial charge in [-0.15, -0.1) is 0 Å². The average molecular weight is 518 g/mol. The van der Waals surface area contributed by atoms with Crippen molar-refractivity contribution < 1.29 is 19.1 Å². The second-order valence-electron chi connectivity index (χ2n) is 8.72. The van der Waals surface area contributed by atoms with Crippen LogP contribution >= 0.6 is 12.2 Å². The van der Waals surface area contributed by atoms with Crippen LogP contribution in [0.15, 0.2) is 78.9 Å². The molecular formula is C29H31N3O4S. The van der Waals surface area contributed by atoms with E-state index in [0.717, 1.165) is 23.4 Å². The van der Waals surface area contributed by atoms with Gasteiger partial charge in [-0.25, -0.2) is 4.90 Å². The van der Waals surface area contributed by atoms with Gasteiger partial charge >= 0.3 is 0 Å². The molecule has 1 fully saturated rings. The second-order valence-corrected chi connectivity index (χ2v) is 9.10. The van der Waals surface area contributed by atoms with Gasteiger partial charge in [-0.05, 0) is 79.2 Å². The number of ether oxygens (including phenoxy) is 2. The molecule has 0 spiro atoms. The molecule has 1 N–H and O–H groups in total. The Kier molecular flexibility index (Phi) is 8.74. The number of thiocarbonyl (C=S) groups is 1. The predicted octanol–water partition coefficient (Wildman–Crippen LogP) is 5.06. The lowest BCUT2D eigenvalue weighted by atomic mass is 10.1. The van der Waals surface area contributed by atoms with E-state index in [1.165, 1.54) is 4.90 Å². The van der Waals surface area contributed by atoms with E-state index in [0.29, 0.717) is 36.1 Å². The van der Waals surface area contributed by atoms with Crippen molar-refractivity contribution in [2.75, 3.05) is 30.5 Å². The molecule has 192 valence electrons. The van der Waals surface area contributed by atoms with Gasteiger partial charge in [0.25, 0.3) is 5.91 Å². The van der Waals surface area contributed by atoms with E-state index in [1.54, 1.807) is 31.4 Å². The molecule has 3 aromatic carbocycles. The van der Waals surface area contributed by atoms with Crippen LogP contribution in [0, 0.1) is 0 Å². The minimum Gasteiger partial charge on any atom is -0.497 e. The van der Waals surface area contributed by atoms with Gasteiger partial charge in [0.2, 0.25) is 5.91 Å². The lowest BCUT2D eigenvalue weighted by molar-refractivity contribution is -0.122. The van der Waals surface area contributed by atoms with Crippen LogP contribution in [0.2, 0.25) is 0 Å². The summed E-state index contributed by atoms with van der Waals surface area (Å²) >= 11 is 5.75. The number of benzene rings is 3. The molecular weight excluding hydrogens is 486 g/mol. The van der Waals surface area contributed by atoms with E-state index in [9.17, 15) is 9.59 Å². The summed E-state index contributed by atoms with van der Waals surface area (Å²) in [5, 5.41) is 3.63. The molecule has 3 aromatic rings. The van der Waals surface area contributed by atoms with Crippen molar-refractivity contribution in [1.29, 1.82) is 0 Å². The van der Waals surface area contributed by atoms with Crippen molar-refractivity contribution in [3.63, 3.8) is 0 Å². The van der Waals surface area contributed by atoms with Crippen LogP contribution in [0.3, 0.4) is 0 Å². The van der Waals surface area contributed by atoms with Crippen LogP contribution in [0.1, 0.15) is 25.3 Å². The van der Waals surface area contributed by atoms with Gasteiger partial charge in [-0.2, -0.15) is 0 Å². The molecule has 4 rings (SSSR count). The van der Waals surface area contributed by atoms with E-state index in [1.807, 2.05) is 66.4 Å². The number of anilines is 2. The summed E-state index contributed by atoms with van der Waals surface area (Å²) in [6.07, 6.45) is 1.59. The zero-order valence-electron chi connectivity index (χ0n) is 21.1. The first-order chi connectivity index (χ1) is 18.0. The molecule has 1 aliphatic heterocycles. The maximum absolute atomic E-state index is 13.6. The number of nitrogens with one attached hydrogen (secondary N) is 1. The maximum atomic E-state index is 13.6. The molecule has 0 aliphatic carbocycles. The molecule has 8 heteroatoms. The Morgan fingerprint density at radius 1 is 1.00 bits per heavy atom. The quantitative estimate of drug-likeness (QED) is 0.298. The Balaban J connectivity index is 1.54. The predicted molar refractivity (Wildman–Crippen MR) is 149 cm³/mol. The Morgan fingerprint density at radius 2 is 1.68 bits per heavy atom. The Bertz CT molecular complexity index is 1220. The number of rotatable bonds is 10. The molecule has 2 amide bonds. The summed E-state index contributed by atoms with van der Waals surface area (Å²) in [6, 6.07) is 23.7. The number of carbonyl (C=O) groups excluding carboxylic acids is 2. The van der Waals surface area contributed by atoms with E-state index in [2.05, 4.69) is 5.32 Å². The lowest BCUT2D eigenvalue weighted by Gasteiger charge is -2.30. The molecule has 1 saturated heterocycles. The van der Waals surface area contributed by atoms with E-state index in [-0.39, 0.29) is 18.2 Å².